The number of benzene rings is 2. The van der Waals surface area contributed by atoms with E-state index in [2.05, 4.69) is 17.4 Å². The molecule has 26 heavy (non-hydrogen) atoms. The van der Waals surface area contributed by atoms with Crippen LogP contribution in [-0.4, -0.2) is 35.6 Å². The molecular formula is C21H22FN3O. The molecule has 4 rings (SSSR count). The number of likely N-dealkylation sites (N-methyl/N-ethyl adjacent to an activating group) is 1. The van der Waals surface area contributed by atoms with Gasteiger partial charge in [-0.3, -0.25) is 14.9 Å². The third kappa shape index (κ3) is 3.22. The van der Waals surface area contributed by atoms with Gasteiger partial charge in [-0.05, 0) is 49.8 Å². The third-order valence-corrected chi connectivity index (χ3v) is 5.28. The first-order valence-electron chi connectivity index (χ1n) is 8.93. The molecule has 0 bridgehead atoms. The number of likely N-dealkylation sites (tertiary alicyclic amines) is 1. The van der Waals surface area contributed by atoms with Gasteiger partial charge in [0.25, 0.3) is 0 Å². The largest absolute Gasteiger partial charge is 0.306 e. The monoisotopic (exact) mass is 351 g/mol. The van der Waals surface area contributed by atoms with Crippen LogP contribution < -0.4 is 5.43 Å². The van der Waals surface area contributed by atoms with Crippen LogP contribution in [0.1, 0.15) is 17.9 Å². The molecule has 2 atom stereocenters. The molecule has 1 amide bonds. The van der Waals surface area contributed by atoms with Crippen molar-refractivity contribution in [2.24, 2.45) is 5.92 Å². The van der Waals surface area contributed by atoms with Gasteiger partial charge in [0.05, 0.1) is 5.52 Å². The molecule has 2 heterocycles. The number of piperidine rings is 1. The van der Waals surface area contributed by atoms with Gasteiger partial charge in [-0.1, -0.05) is 30.3 Å². The maximum atomic E-state index is 13.3. The zero-order valence-electron chi connectivity index (χ0n) is 14.7. The Bertz CT molecular complexity index is 918. The predicted molar refractivity (Wildman–Crippen MR) is 101 cm³/mol. The summed E-state index contributed by atoms with van der Waals surface area (Å²) in [6, 6.07) is 16.5. The highest BCUT2D eigenvalue weighted by molar-refractivity contribution is 5.90. The number of aromatic nitrogens is 1. The summed E-state index contributed by atoms with van der Waals surface area (Å²) in [5, 5.41) is 1.09. The van der Waals surface area contributed by atoms with Crippen molar-refractivity contribution in [2.45, 2.75) is 12.3 Å². The number of carbonyl (C=O) groups excluding carboxylic acids is 1. The Kier molecular flexibility index (Phi) is 4.47. The van der Waals surface area contributed by atoms with Gasteiger partial charge in [0.15, 0.2) is 0 Å². The van der Waals surface area contributed by atoms with E-state index in [-0.39, 0.29) is 23.6 Å². The number of fused-ring (bicyclic) bond motifs is 1. The molecule has 4 nitrogen and oxygen atoms in total. The van der Waals surface area contributed by atoms with E-state index in [1.54, 1.807) is 16.8 Å². The number of rotatable bonds is 3. The fourth-order valence-corrected chi connectivity index (χ4v) is 3.86. The first kappa shape index (κ1) is 16.8. The molecule has 134 valence electrons. The van der Waals surface area contributed by atoms with E-state index in [1.165, 1.54) is 12.1 Å². The SMILES string of the molecule is CN1CC[C@@H](C(=O)Nn2ccc3ccccc32)[C@H](c2ccc(F)cc2)C1. The molecule has 2 aromatic carbocycles. The second kappa shape index (κ2) is 6.92. The molecule has 1 aliphatic heterocycles. The minimum absolute atomic E-state index is 0.00813. The zero-order valence-corrected chi connectivity index (χ0v) is 14.7. The predicted octanol–water partition coefficient (Wildman–Crippen LogP) is 3.59. The Hall–Kier alpha value is -2.66. The maximum absolute atomic E-state index is 13.3. The number of hydrogen-bond donors (Lipinski definition) is 1. The van der Waals surface area contributed by atoms with Crippen LogP contribution in [0.25, 0.3) is 10.9 Å². The normalized spacial score (nSPS) is 21.0. The van der Waals surface area contributed by atoms with Crippen LogP contribution in [0.15, 0.2) is 60.8 Å². The second-order valence-electron chi connectivity index (χ2n) is 7.04. The van der Waals surface area contributed by atoms with Gasteiger partial charge in [-0.25, -0.2) is 4.39 Å². The Morgan fingerprint density at radius 3 is 2.69 bits per heavy atom. The summed E-state index contributed by atoms with van der Waals surface area (Å²) in [6.45, 7) is 1.67. The third-order valence-electron chi connectivity index (χ3n) is 5.28. The molecule has 3 aromatic rings. The van der Waals surface area contributed by atoms with Crippen LogP contribution >= 0.6 is 0 Å². The Balaban J connectivity index is 1.59. The van der Waals surface area contributed by atoms with Gasteiger partial charge in [0.2, 0.25) is 5.91 Å². The van der Waals surface area contributed by atoms with Crippen LogP contribution in [0, 0.1) is 11.7 Å². The molecule has 0 radical (unpaired) electrons. The smallest absolute Gasteiger partial charge is 0.242 e. The number of halogens is 1. The van der Waals surface area contributed by atoms with E-state index >= 15 is 0 Å². The fraction of sp³-hybridized carbons (Fsp3) is 0.286. The van der Waals surface area contributed by atoms with Crippen molar-refractivity contribution in [3.8, 4) is 0 Å². The van der Waals surface area contributed by atoms with Gasteiger partial charge in [-0.15, -0.1) is 0 Å². The van der Waals surface area contributed by atoms with E-state index < -0.39 is 0 Å². The van der Waals surface area contributed by atoms with Crippen LogP contribution in [-0.2, 0) is 4.79 Å². The molecular weight excluding hydrogens is 329 g/mol. The lowest BCUT2D eigenvalue weighted by atomic mass is 9.80. The Morgan fingerprint density at radius 1 is 1.12 bits per heavy atom. The molecule has 0 saturated carbocycles. The van der Waals surface area contributed by atoms with Crippen molar-refractivity contribution < 1.29 is 9.18 Å². The number of carbonyl (C=O) groups is 1. The van der Waals surface area contributed by atoms with Gasteiger partial charge in [-0.2, -0.15) is 0 Å². The summed E-state index contributed by atoms with van der Waals surface area (Å²) in [4.78, 5) is 15.3. The van der Waals surface area contributed by atoms with Crippen LogP contribution in [0.2, 0.25) is 0 Å². The quantitative estimate of drug-likeness (QED) is 0.783. The van der Waals surface area contributed by atoms with Gasteiger partial charge in [0.1, 0.15) is 5.82 Å². The topological polar surface area (TPSA) is 37.3 Å². The van der Waals surface area contributed by atoms with Crippen molar-refractivity contribution in [2.75, 3.05) is 25.6 Å². The Labute approximate surface area is 152 Å². The lowest BCUT2D eigenvalue weighted by Gasteiger charge is -2.36. The molecule has 0 aliphatic carbocycles. The van der Waals surface area contributed by atoms with Crippen molar-refractivity contribution in [1.29, 1.82) is 0 Å². The van der Waals surface area contributed by atoms with E-state index in [4.69, 9.17) is 0 Å². The minimum atomic E-state index is -0.252. The van der Waals surface area contributed by atoms with Crippen LogP contribution in [0.3, 0.4) is 0 Å². The summed E-state index contributed by atoms with van der Waals surface area (Å²) >= 11 is 0. The number of para-hydroxylation sites is 1. The molecule has 1 N–H and O–H groups in total. The standard InChI is InChI=1S/C21H22FN3O/c1-24-12-11-18(19(14-24)15-6-8-17(22)9-7-15)21(26)23-25-13-10-16-4-2-3-5-20(16)25/h2-10,13,18-19H,11-12,14H2,1H3,(H,23,26)/t18-,19+/m1/s1. The maximum Gasteiger partial charge on any atom is 0.242 e. The van der Waals surface area contributed by atoms with Crippen molar-refractivity contribution in [3.05, 3.63) is 72.2 Å². The van der Waals surface area contributed by atoms with E-state index in [0.717, 1.165) is 36.0 Å². The minimum Gasteiger partial charge on any atom is -0.306 e. The first-order chi connectivity index (χ1) is 12.6. The van der Waals surface area contributed by atoms with Crippen molar-refractivity contribution in [3.63, 3.8) is 0 Å². The second-order valence-corrected chi connectivity index (χ2v) is 7.04. The van der Waals surface area contributed by atoms with Crippen molar-refractivity contribution in [1.82, 2.24) is 9.58 Å². The average Bonchev–Trinajstić information content (AvgIpc) is 3.05. The molecule has 1 aromatic heterocycles. The number of nitrogens with zero attached hydrogens (tertiary/aromatic N) is 2. The summed E-state index contributed by atoms with van der Waals surface area (Å²) < 4.78 is 15.1. The molecule has 1 saturated heterocycles. The molecule has 1 fully saturated rings. The highest BCUT2D eigenvalue weighted by atomic mass is 19.1. The lowest BCUT2D eigenvalue weighted by molar-refractivity contribution is -0.122. The summed E-state index contributed by atoms with van der Waals surface area (Å²) in [5.74, 6) is -0.333. The summed E-state index contributed by atoms with van der Waals surface area (Å²) in [7, 11) is 2.06. The van der Waals surface area contributed by atoms with E-state index in [0.29, 0.717) is 0 Å². The Morgan fingerprint density at radius 2 is 1.88 bits per heavy atom. The first-order valence-corrected chi connectivity index (χ1v) is 8.93. The number of nitrogens with one attached hydrogen (secondary N) is 1. The fourth-order valence-electron chi connectivity index (χ4n) is 3.86. The lowest BCUT2D eigenvalue weighted by Crippen LogP contribution is -2.43. The summed E-state index contributed by atoms with van der Waals surface area (Å²) in [6.07, 6.45) is 2.66. The molecule has 5 heteroatoms. The zero-order chi connectivity index (χ0) is 18.1. The summed E-state index contributed by atoms with van der Waals surface area (Å²) in [5.41, 5.74) is 5.03. The van der Waals surface area contributed by atoms with Crippen LogP contribution in [0.5, 0.6) is 0 Å². The van der Waals surface area contributed by atoms with Gasteiger partial charge in [0, 0.05) is 30.0 Å². The average molecular weight is 351 g/mol. The van der Waals surface area contributed by atoms with Crippen LogP contribution in [0.4, 0.5) is 4.39 Å². The van der Waals surface area contributed by atoms with Gasteiger partial charge < -0.3 is 4.90 Å². The molecule has 1 aliphatic rings. The number of hydrogen-bond acceptors (Lipinski definition) is 2. The molecule has 0 unspecified atom stereocenters. The highest BCUT2D eigenvalue weighted by Crippen LogP contribution is 2.32. The van der Waals surface area contributed by atoms with Crippen molar-refractivity contribution >= 4 is 16.8 Å². The van der Waals surface area contributed by atoms with E-state index in [1.807, 2.05) is 36.5 Å². The van der Waals surface area contributed by atoms with Gasteiger partial charge >= 0.3 is 0 Å². The molecule has 0 spiro atoms. The number of amides is 1. The highest BCUT2D eigenvalue weighted by Gasteiger charge is 2.34. The van der Waals surface area contributed by atoms with E-state index in [9.17, 15) is 9.18 Å².